The van der Waals surface area contributed by atoms with Gasteiger partial charge in [-0.25, -0.2) is 4.39 Å². The third kappa shape index (κ3) is 2.94. The molecular weight excluding hydrogens is 354 g/mol. The van der Waals surface area contributed by atoms with Gasteiger partial charge in [0.25, 0.3) is 0 Å². The highest BCUT2D eigenvalue weighted by Crippen LogP contribution is 2.26. The van der Waals surface area contributed by atoms with Gasteiger partial charge in [-0.15, -0.1) is 0 Å². The summed E-state index contributed by atoms with van der Waals surface area (Å²) in [7, 11) is 0. The molecule has 1 atom stereocenters. The molecule has 0 saturated carbocycles. The fourth-order valence-corrected chi connectivity index (χ4v) is 2.38. The SMILES string of the molecule is NC(c1cncc(F)c1)c1cc(Cl)ccc1I. The quantitative estimate of drug-likeness (QED) is 0.830. The lowest BCUT2D eigenvalue weighted by Crippen LogP contribution is -2.13. The molecule has 1 aromatic carbocycles. The lowest BCUT2D eigenvalue weighted by molar-refractivity contribution is 0.616. The van der Waals surface area contributed by atoms with Crippen LogP contribution in [0.15, 0.2) is 36.7 Å². The Morgan fingerprint density at radius 2 is 2.06 bits per heavy atom. The van der Waals surface area contributed by atoms with E-state index in [0.717, 1.165) is 15.3 Å². The van der Waals surface area contributed by atoms with Gasteiger partial charge in [-0.2, -0.15) is 0 Å². The molecule has 2 aromatic rings. The van der Waals surface area contributed by atoms with Crippen LogP contribution in [0.2, 0.25) is 5.02 Å². The zero-order chi connectivity index (χ0) is 12.4. The average molecular weight is 363 g/mol. The summed E-state index contributed by atoms with van der Waals surface area (Å²) < 4.78 is 14.1. The smallest absolute Gasteiger partial charge is 0.141 e. The van der Waals surface area contributed by atoms with Crippen LogP contribution >= 0.6 is 34.2 Å². The molecule has 0 saturated heterocycles. The van der Waals surface area contributed by atoms with E-state index in [9.17, 15) is 4.39 Å². The summed E-state index contributed by atoms with van der Waals surface area (Å²) in [6.45, 7) is 0. The number of hydrogen-bond acceptors (Lipinski definition) is 2. The number of nitrogens with two attached hydrogens (primary N) is 1. The molecule has 0 aliphatic rings. The van der Waals surface area contributed by atoms with Crippen molar-refractivity contribution in [2.24, 2.45) is 5.73 Å². The van der Waals surface area contributed by atoms with Crippen molar-refractivity contribution in [3.8, 4) is 0 Å². The van der Waals surface area contributed by atoms with Crippen LogP contribution in [0, 0.1) is 9.39 Å². The van der Waals surface area contributed by atoms with Crippen molar-refractivity contribution in [1.29, 1.82) is 0 Å². The van der Waals surface area contributed by atoms with E-state index in [1.54, 1.807) is 18.3 Å². The molecule has 0 radical (unpaired) electrons. The van der Waals surface area contributed by atoms with Gasteiger partial charge in [-0.05, 0) is 58.0 Å². The fourth-order valence-electron chi connectivity index (χ4n) is 1.53. The first-order chi connectivity index (χ1) is 8.08. The molecule has 5 heteroatoms. The van der Waals surface area contributed by atoms with E-state index >= 15 is 0 Å². The van der Waals surface area contributed by atoms with Gasteiger partial charge in [-0.1, -0.05) is 11.6 Å². The number of halogens is 3. The minimum atomic E-state index is -0.427. The van der Waals surface area contributed by atoms with E-state index in [1.807, 2.05) is 6.07 Å². The summed E-state index contributed by atoms with van der Waals surface area (Å²) in [4.78, 5) is 3.79. The lowest BCUT2D eigenvalue weighted by atomic mass is 10.0. The highest BCUT2D eigenvalue weighted by atomic mass is 127. The summed E-state index contributed by atoms with van der Waals surface area (Å²) in [6.07, 6.45) is 2.71. The molecule has 0 fully saturated rings. The van der Waals surface area contributed by atoms with E-state index < -0.39 is 11.9 Å². The zero-order valence-electron chi connectivity index (χ0n) is 8.70. The Kier molecular flexibility index (Phi) is 3.96. The van der Waals surface area contributed by atoms with Crippen LogP contribution in [0.3, 0.4) is 0 Å². The maximum absolute atomic E-state index is 13.1. The molecule has 2 N–H and O–H groups in total. The summed E-state index contributed by atoms with van der Waals surface area (Å²) in [5.41, 5.74) is 7.58. The van der Waals surface area contributed by atoms with Gasteiger partial charge in [0, 0.05) is 14.8 Å². The molecule has 0 bridgehead atoms. The monoisotopic (exact) mass is 362 g/mol. The Morgan fingerprint density at radius 1 is 1.29 bits per heavy atom. The number of hydrogen-bond donors (Lipinski definition) is 1. The first-order valence-corrected chi connectivity index (χ1v) is 6.34. The van der Waals surface area contributed by atoms with Gasteiger partial charge in [0.05, 0.1) is 12.2 Å². The zero-order valence-corrected chi connectivity index (χ0v) is 11.6. The Morgan fingerprint density at radius 3 is 2.76 bits per heavy atom. The van der Waals surface area contributed by atoms with Crippen molar-refractivity contribution < 1.29 is 4.39 Å². The summed E-state index contributed by atoms with van der Waals surface area (Å²) in [6, 6.07) is 6.42. The van der Waals surface area contributed by atoms with E-state index in [0.29, 0.717) is 10.6 Å². The molecular formula is C12H9ClFIN2. The van der Waals surface area contributed by atoms with E-state index in [1.165, 1.54) is 6.07 Å². The number of aromatic nitrogens is 1. The molecule has 0 aliphatic heterocycles. The maximum atomic E-state index is 13.1. The first-order valence-electron chi connectivity index (χ1n) is 4.89. The number of rotatable bonds is 2. The van der Waals surface area contributed by atoms with Crippen LogP contribution in [-0.2, 0) is 0 Å². The average Bonchev–Trinajstić information content (AvgIpc) is 2.31. The van der Waals surface area contributed by atoms with E-state index in [2.05, 4.69) is 27.6 Å². The molecule has 1 heterocycles. The summed E-state index contributed by atoms with van der Waals surface area (Å²) in [5, 5.41) is 0.611. The van der Waals surface area contributed by atoms with Crippen molar-refractivity contribution in [3.05, 3.63) is 62.2 Å². The maximum Gasteiger partial charge on any atom is 0.141 e. The topological polar surface area (TPSA) is 38.9 Å². The largest absolute Gasteiger partial charge is 0.320 e. The molecule has 2 rings (SSSR count). The summed E-state index contributed by atoms with van der Waals surface area (Å²) in [5.74, 6) is -0.394. The first kappa shape index (κ1) is 12.7. The lowest BCUT2D eigenvalue weighted by Gasteiger charge is -2.14. The van der Waals surface area contributed by atoms with Crippen molar-refractivity contribution in [2.75, 3.05) is 0 Å². The molecule has 0 spiro atoms. The minimum Gasteiger partial charge on any atom is -0.320 e. The van der Waals surface area contributed by atoms with Crippen LogP contribution in [0.25, 0.3) is 0 Å². The second kappa shape index (κ2) is 5.29. The van der Waals surface area contributed by atoms with E-state index in [4.69, 9.17) is 17.3 Å². The van der Waals surface area contributed by atoms with Gasteiger partial charge >= 0.3 is 0 Å². The van der Waals surface area contributed by atoms with Crippen LogP contribution in [0.5, 0.6) is 0 Å². The van der Waals surface area contributed by atoms with Gasteiger partial charge in [0.2, 0.25) is 0 Å². The Hall–Kier alpha value is -0.720. The highest BCUT2D eigenvalue weighted by molar-refractivity contribution is 14.1. The molecule has 1 unspecified atom stereocenters. The molecule has 17 heavy (non-hydrogen) atoms. The Labute approximate surface area is 117 Å². The Bertz CT molecular complexity index is 548. The van der Waals surface area contributed by atoms with Crippen molar-refractivity contribution in [3.63, 3.8) is 0 Å². The van der Waals surface area contributed by atoms with E-state index in [-0.39, 0.29) is 0 Å². The summed E-state index contributed by atoms with van der Waals surface area (Å²) >= 11 is 8.11. The number of pyridine rings is 1. The second-order valence-electron chi connectivity index (χ2n) is 3.58. The number of benzene rings is 1. The van der Waals surface area contributed by atoms with Crippen LogP contribution < -0.4 is 5.73 Å². The molecule has 88 valence electrons. The fraction of sp³-hybridized carbons (Fsp3) is 0.0833. The van der Waals surface area contributed by atoms with Crippen LogP contribution in [0.4, 0.5) is 4.39 Å². The molecule has 1 aromatic heterocycles. The minimum absolute atomic E-state index is 0.394. The third-order valence-electron chi connectivity index (χ3n) is 2.38. The highest BCUT2D eigenvalue weighted by Gasteiger charge is 2.13. The van der Waals surface area contributed by atoms with Crippen molar-refractivity contribution in [1.82, 2.24) is 4.98 Å². The molecule has 0 amide bonds. The van der Waals surface area contributed by atoms with Gasteiger partial charge < -0.3 is 5.73 Å². The Balaban J connectivity index is 2.43. The second-order valence-corrected chi connectivity index (χ2v) is 5.18. The predicted octanol–water partition coefficient (Wildman–Crippen LogP) is 3.53. The third-order valence-corrected chi connectivity index (χ3v) is 3.60. The van der Waals surface area contributed by atoms with Gasteiger partial charge in [0.1, 0.15) is 5.82 Å². The normalized spacial score (nSPS) is 12.5. The van der Waals surface area contributed by atoms with Gasteiger partial charge in [-0.3, -0.25) is 4.98 Å². The predicted molar refractivity (Wildman–Crippen MR) is 74.4 cm³/mol. The van der Waals surface area contributed by atoms with Crippen LogP contribution in [0.1, 0.15) is 17.2 Å². The number of nitrogens with zero attached hydrogens (tertiary/aromatic N) is 1. The molecule has 0 aliphatic carbocycles. The van der Waals surface area contributed by atoms with Crippen molar-refractivity contribution >= 4 is 34.2 Å². The van der Waals surface area contributed by atoms with Crippen molar-refractivity contribution in [2.45, 2.75) is 6.04 Å². The standard InChI is InChI=1S/C12H9ClFIN2/c13-8-1-2-11(15)10(4-8)12(16)7-3-9(14)6-17-5-7/h1-6,12H,16H2. The van der Waals surface area contributed by atoms with Gasteiger partial charge in [0.15, 0.2) is 0 Å². The molecule has 2 nitrogen and oxygen atoms in total. The van der Waals surface area contributed by atoms with Crippen LogP contribution in [-0.4, -0.2) is 4.98 Å².